The van der Waals surface area contributed by atoms with E-state index in [1.54, 1.807) is 17.8 Å². The Morgan fingerprint density at radius 3 is 2.67 bits per heavy atom. The summed E-state index contributed by atoms with van der Waals surface area (Å²) in [6, 6.07) is 9.59. The van der Waals surface area contributed by atoms with Gasteiger partial charge in [-0.15, -0.1) is 11.8 Å². The number of benzene rings is 1. The first-order valence-corrected chi connectivity index (χ1v) is 7.33. The number of hydrogen-bond acceptors (Lipinski definition) is 3. The van der Waals surface area contributed by atoms with Gasteiger partial charge < -0.3 is 0 Å². The number of aryl methyl sites for hydroxylation is 1. The van der Waals surface area contributed by atoms with E-state index >= 15 is 0 Å². The summed E-state index contributed by atoms with van der Waals surface area (Å²) in [5.74, 6) is 1.54. The van der Waals surface area contributed by atoms with Gasteiger partial charge in [0.1, 0.15) is 16.0 Å². The lowest BCUT2D eigenvalue weighted by Gasteiger charge is -2.05. The van der Waals surface area contributed by atoms with Crippen molar-refractivity contribution in [1.29, 1.82) is 0 Å². The minimum Gasteiger partial charge on any atom is -0.226 e. The summed E-state index contributed by atoms with van der Waals surface area (Å²) in [4.78, 5) is 8.56. The minimum atomic E-state index is 0.489. The van der Waals surface area contributed by atoms with E-state index in [0.717, 1.165) is 33.6 Å². The van der Waals surface area contributed by atoms with Crippen LogP contribution in [0.25, 0.3) is 0 Å². The molecule has 0 saturated heterocycles. The first-order chi connectivity index (χ1) is 8.69. The molecule has 0 aliphatic carbocycles. The van der Waals surface area contributed by atoms with Gasteiger partial charge in [-0.2, -0.15) is 0 Å². The molecule has 18 heavy (non-hydrogen) atoms. The van der Waals surface area contributed by atoms with Crippen molar-refractivity contribution in [2.45, 2.75) is 24.1 Å². The largest absolute Gasteiger partial charge is 0.226 e. The Balaban J connectivity index is 2.11. The molecule has 0 fully saturated rings. The van der Waals surface area contributed by atoms with Gasteiger partial charge >= 0.3 is 0 Å². The highest BCUT2D eigenvalue weighted by Gasteiger charge is 2.05. The fourth-order valence-electron chi connectivity index (χ4n) is 1.44. The molecule has 5 heteroatoms. The zero-order valence-electron chi connectivity index (χ0n) is 9.86. The van der Waals surface area contributed by atoms with Crippen LogP contribution in [0.3, 0.4) is 0 Å². The molecule has 0 aliphatic heterocycles. The van der Waals surface area contributed by atoms with Gasteiger partial charge in [0.25, 0.3) is 0 Å². The lowest BCUT2D eigenvalue weighted by atomic mass is 10.2. The number of aromatic nitrogens is 2. The zero-order valence-corrected chi connectivity index (χ0v) is 12.2. The SMILES string of the molecule is CCc1nc(Cl)cc(SCc2ccccc2Cl)n1. The molecule has 0 aliphatic rings. The number of rotatable bonds is 4. The lowest BCUT2D eigenvalue weighted by molar-refractivity contribution is 0.889. The Labute approximate surface area is 121 Å². The highest BCUT2D eigenvalue weighted by Crippen LogP contribution is 2.26. The van der Waals surface area contributed by atoms with Gasteiger partial charge in [-0.05, 0) is 11.6 Å². The molecule has 0 N–H and O–H groups in total. The Kier molecular flexibility index (Phi) is 4.87. The van der Waals surface area contributed by atoms with Crippen LogP contribution in [0.4, 0.5) is 0 Å². The van der Waals surface area contributed by atoms with Crippen molar-refractivity contribution in [3.05, 3.63) is 51.9 Å². The fraction of sp³-hybridized carbons (Fsp3) is 0.231. The quantitative estimate of drug-likeness (QED) is 0.607. The van der Waals surface area contributed by atoms with Crippen LogP contribution in [0, 0.1) is 0 Å². The average molecular weight is 299 g/mol. The van der Waals surface area contributed by atoms with Crippen LogP contribution in [0.15, 0.2) is 35.4 Å². The van der Waals surface area contributed by atoms with Crippen LogP contribution in [-0.4, -0.2) is 9.97 Å². The maximum absolute atomic E-state index is 6.11. The summed E-state index contributed by atoms with van der Waals surface area (Å²) >= 11 is 13.7. The van der Waals surface area contributed by atoms with Crippen LogP contribution < -0.4 is 0 Å². The Hall–Kier alpha value is -0.770. The summed E-state index contributed by atoms with van der Waals surface area (Å²) in [6.45, 7) is 2.01. The van der Waals surface area contributed by atoms with Gasteiger partial charge in [-0.25, -0.2) is 9.97 Å². The summed E-state index contributed by atoms with van der Waals surface area (Å²) in [7, 11) is 0. The van der Waals surface area contributed by atoms with Gasteiger partial charge in [0.2, 0.25) is 0 Å². The van der Waals surface area contributed by atoms with Gasteiger partial charge in [0.05, 0.1) is 0 Å². The molecule has 0 atom stereocenters. The molecule has 2 rings (SSSR count). The van der Waals surface area contributed by atoms with Crippen molar-refractivity contribution in [3.8, 4) is 0 Å². The monoisotopic (exact) mass is 298 g/mol. The maximum atomic E-state index is 6.11. The smallest absolute Gasteiger partial charge is 0.133 e. The molecule has 2 aromatic rings. The van der Waals surface area contributed by atoms with Crippen LogP contribution >= 0.6 is 35.0 Å². The number of halogens is 2. The second-order valence-electron chi connectivity index (χ2n) is 3.68. The molecule has 0 bridgehead atoms. The molecule has 0 radical (unpaired) electrons. The molecule has 0 spiro atoms. The van der Waals surface area contributed by atoms with Crippen molar-refractivity contribution in [2.75, 3.05) is 0 Å². The summed E-state index contributed by atoms with van der Waals surface area (Å²) < 4.78 is 0. The molecular weight excluding hydrogens is 287 g/mol. The summed E-state index contributed by atoms with van der Waals surface area (Å²) in [5, 5.41) is 2.15. The number of hydrogen-bond donors (Lipinski definition) is 0. The number of thioether (sulfide) groups is 1. The highest BCUT2D eigenvalue weighted by atomic mass is 35.5. The van der Waals surface area contributed by atoms with Crippen LogP contribution in [0.2, 0.25) is 10.2 Å². The van der Waals surface area contributed by atoms with E-state index in [1.165, 1.54) is 0 Å². The van der Waals surface area contributed by atoms with Gasteiger partial charge in [0, 0.05) is 23.3 Å². The van der Waals surface area contributed by atoms with Crippen molar-refractivity contribution in [1.82, 2.24) is 9.97 Å². The van der Waals surface area contributed by atoms with Crippen molar-refractivity contribution in [3.63, 3.8) is 0 Å². The van der Waals surface area contributed by atoms with E-state index in [2.05, 4.69) is 9.97 Å². The topological polar surface area (TPSA) is 25.8 Å². The molecule has 2 nitrogen and oxygen atoms in total. The minimum absolute atomic E-state index is 0.489. The van der Waals surface area contributed by atoms with Gasteiger partial charge in [-0.1, -0.05) is 48.3 Å². The molecule has 0 saturated carbocycles. The fourth-order valence-corrected chi connectivity index (χ4v) is 2.91. The summed E-state index contributed by atoms with van der Waals surface area (Å²) in [5.41, 5.74) is 1.09. The average Bonchev–Trinajstić information content (AvgIpc) is 2.37. The molecule has 0 amide bonds. The predicted molar refractivity (Wildman–Crippen MR) is 77.4 cm³/mol. The third kappa shape index (κ3) is 3.61. The highest BCUT2D eigenvalue weighted by molar-refractivity contribution is 7.98. The van der Waals surface area contributed by atoms with Crippen LogP contribution in [0.1, 0.15) is 18.3 Å². The Morgan fingerprint density at radius 2 is 1.94 bits per heavy atom. The second kappa shape index (κ2) is 6.41. The van der Waals surface area contributed by atoms with Gasteiger partial charge in [0.15, 0.2) is 0 Å². The third-order valence-electron chi connectivity index (χ3n) is 2.37. The normalized spacial score (nSPS) is 10.6. The Morgan fingerprint density at radius 1 is 1.17 bits per heavy atom. The summed E-state index contributed by atoms with van der Waals surface area (Å²) in [6.07, 6.45) is 0.778. The van der Waals surface area contributed by atoms with Crippen LogP contribution in [-0.2, 0) is 12.2 Å². The zero-order chi connectivity index (χ0) is 13.0. The Bertz CT molecular complexity index is 546. The van der Waals surface area contributed by atoms with E-state index in [1.807, 2.05) is 31.2 Å². The van der Waals surface area contributed by atoms with E-state index in [0.29, 0.717) is 5.15 Å². The molecule has 0 unspecified atom stereocenters. The first-order valence-electron chi connectivity index (χ1n) is 5.58. The number of nitrogens with zero attached hydrogens (tertiary/aromatic N) is 2. The predicted octanol–water partition coefficient (Wildman–Crippen LogP) is 4.64. The molecule has 1 aromatic carbocycles. The lowest BCUT2D eigenvalue weighted by Crippen LogP contribution is -1.94. The van der Waals surface area contributed by atoms with E-state index < -0.39 is 0 Å². The van der Waals surface area contributed by atoms with E-state index in [4.69, 9.17) is 23.2 Å². The van der Waals surface area contributed by atoms with Crippen molar-refractivity contribution >= 4 is 35.0 Å². The first kappa shape index (κ1) is 13.7. The van der Waals surface area contributed by atoms with E-state index in [9.17, 15) is 0 Å². The molecule has 1 aromatic heterocycles. The third-order valence-corrected chi connectivity index (χ3v) is 3.89. The molecular formula is C13H12Cl2N2S. The van der Waals surface area contributed by atoms with Gasteiger partial charge in [-0.3, -0.25) is 0 Å². The van der Waals surface area contributed by atoms with Crippen molar-refractivity contribution in [2.24, 2.45) is 0 Å². The standard InChI is InChI=1S/C13H12Cl2N2S/c1-2-12-16-11(15)7-13(17-12)18-8-9-5-3-4-6-10(9)14/h3-7H,2,8H2,1H3. The maximum Gasteiger partial charge on any atom is 0.133 e. The van der Waals surface area contributed by atoms with Crippen LogP contribution in [0.5, 0.6) is 0 Å². The molecule has 1 heterocycles. The van der Waals surface area contributed by atoms with Crippen molar-refractivity contribution < 1.29 is 0 Å². The second-order valence-corrected chi connectivity index (χ2v) is 5.47. The van der Waals surface area contributed by atoms with E-state index in [-0.39, 0.29) is 0 Å². The molecule has 94 valence electrons.